The van der Waals surface area contributed by atoms with Crippen LogP contribution in [-0.4, -0.2) is 10.1 Å². The van der Waals surface area contributed by atoms with Gasteiger partial charge in [0.15, 0.2) is 5.76 Å². The number of furan rings is 1. The van der Waals surface area contributed by atoms with Crippen LogP contribution in [0.4, 0.5) is 0 Å². The number of aryl methyl sites for hydroxylation is 1. The molecular formula is C20H18ClNO3S. The Kier molecular flexibility index (Phi) is 5.91. The summed E-state index contributed by atoms with van der Waals surface area (Å²) in [4.78, 5) is 12.9. The van der Waals surface area contributed by atoms with E-state index >= 15 is 0 Å². The average molecular weight is 388 g/mol. The Bertz CT molecular complexity index is 951. The zero-order chi connectivity index (χ0) is 18.5. The molecule has 134 valence electrons. The lowest BCUT2D eigenvalue weighted by Gasteiger charge is -2.06. The van der Waals surface area contributed by atoms with Crippen LogP contribution in [0.5, 0.6) is 0 Å². The van der Waals surface area contributed by atoms with Crippen LogP contribution in [-0.2, 0) is 23.1 Å². The number of carbonyl (C=O) groups excluding carboxylic acids is 1. The predicted molar refractivity (Wildman–Crippen MR) is 103 cm³/mol. The van der Waals surface area contributed by atoms with E-state index in [1.165, 1.54) is 0 Å². The largest absolute Gasteiger partial charge is 0.455 e. The highest BCUT2D eigenvalue weighted by Crippen LogP contribution is 2.18. The molecule has 0 radical (unpaired) electrons. The molecule has 1 atom stereocenters. The summed E-state index contributed by atoms with van der Waals surface area (Å²) >= 11 is 5.92. The van der Waals surface area contributed by atoms with Crippen molar-refractivity contribution < 1.29 is 13.4 Å². The van der Waals surface area contributed by atoms with Gasteiger partial charge in [0, 0.05) is 16.5 Å². The molecule has 1 heterocycles. The van der Waals surface area contributed by atoms with Crippen LogP contribution < -0.4 is 5.32 Å². The second kappa shape index (κ2) is 8.34. The van der Waals surface area contributed by atoms with Crippen LogP contribution in [0.2, 0.25) is 5.02 Å². The fourth-order valence-electron chi connectivity index (χ4n) is 2.47. The summed E-state index contributed by atoms with van der Waals surface area (Å²) in [5.74, 6) is 0.583. The molecule has 4 nitrogen and oxygen atoms in total. The number of hydrogen-bond donors (Lipinski definition) is 1. The molecule has 0 fully saturated rings. The SMILES string of the molecule is Cc1ccccc1CNC(=O)c1ccc(C[S@@](=O)c2cccc(Cl)c2)o1. The lowest BCUT2D eigenvalue weighted by atomic mass is 10.1. The van der Waals surface area contributed by atoms with Gasteiger partial charge in [-0.2, -0.15) is 0 Å². The van der Waals surface area contributed by atoms with Gasteiger partial charge in [-0.3, -0.25) is 9.00 Å². The third kappa shape index (κ3) is 4.62. The summed E-state index contributed by atoms with van der Waals surface area (Å²) in [5, 5.41) is 3.37. The lowest BCUT2D eigenvalue weighted by Crippen LogP contribution is -2.22. The Morgan fingerprint density at radius 1 is 1.12 bits per heavy atom. The molecule has 26 heavy (non-hydrogen) atoms. The van der Waals surface area contributed by atoms with Crippen LogP contribution in [0.25, 0.3) is 0 Å². The highest BCUT2D eigenvalue weighted by Gasteiger charge is 2.14. The fourth-order valence-corrected chi connectivity index (χ4v) is 3.79. The summed E-state index contributed by atoms with van der Waals surface area (Å²) in [6, 6.07) is 18.0. The molecule has 1 amide bonds. The first-order valence-electron chi connectivity index (χ1n) is 8.08. The highest BCUT2D eigenvalue weighted by atomic mass is 35.5. The van der Waals surface area contributed by atoms with Gasteiger partial charge < -0.3 is 9.73 Å². The predicted octanol–water partition coefficient (Wildman–Crippen LogP) is 4.48. The standard InChI is InChI=1S/C20H18ClNO3S/c1-14-5-2-3-6-15(14)12-22-20(23)19-10-9-17(25-19)13-26(24)18-8-4-7-16(21)11-18/h2-11H,12-13H2,1H3,(H,22,23)/t26-/m1/s1. The summed E-state index contributed by atoms with van der Waals surface area (Å²) < 4.78 is 17.9. The Hall–Kier alpha value is -2.37. The molecular weight excluding hydrogens is 370 g/mol. The van der Waals surface area contributed by atoms with Gasteiger partial charge in [0.1, 0.15) is 5.76 Å². The molecule has 1 aromatic heterocycles. The fraction of sp³-hybridized carbons (Fsp3) is 0.150. The van der Waals surface area contributed by atoms with Crippen molar-refractivity contribution in [1.82, 2.24) is 5.32 Å². The monoisotopic (exact) mass is 387 g/mol. The van der Waals surface area contributed by atoms with Crippen molar-refractivity contribution >= 4 is 28.3 Å². The van der Waals surface area contributed by atoms with E-state index in [1.54, 1.807) is 36.4 Å². The zero-order valence-corrected chi connectivity index (χ0v) is 15.8. The molecule has 0 saturated heterocycles. The summed E-state index contributed by atoms with van der Waals surface area (Å²) in [7, 11) is -1.29. The number of hydrogen-bond acceptors (Lipinski definition) is 3. The number of halogens is 1. The first-order chi connectivity index (χ1) is 12.5. The second-order valence-corrected chi connectivity index (χ2v) is 7.71. The molecule has 2 aromatic carbocycles. The minimum atomic E-state index is -1.29. The van der Waals surface area contributed by atoms with Gasteiger partial charge in [-0.15, -0.1) is 0 Å². The minimum Gasteiger partial charge on any atom is -0.455 e. The first-order valence-corrected chi connectivity index (χ1v) is 9.78. The summed E-state index contributed by atoms with van der Waals surface area (Å²) in [5.41, 5.74) is 2.17. The minimum absolute atomic E-state index is 0.186. The lowest BCUT2D eigenvalue weighted by molar-refractivity contribution is 0.0921. The maximum absolute atomic E-state index is 12.4. The molecule has 0 saturated carbocycles. The topological polar surface area (TPSA) is 59.3 Å². The smallest absolute Gasteiger partial charge is 0.287 e. The van der Waals surface area contributed by atoms with Crippen molar-refractivity contribution in [3.63, 3.8) is 0 Å². The molecule has 3 aromatic rings. The third-order valence-electron chi connectivity index (χ3n) is 3.92. The van der Waals surface area contributed by atoms with E-state index in [9.17, 15) is 9.00 Å². The van der Waals surface area contributed by atoms with Gasteiger partial charge in [-0.25, -0.2) is 0 Å². The van der Waals surface area contributed by atoms with Crippen molar-refractivity contribution in [3.05, 3.63) is 88.3 Å². The maximum Gasteiger partial charge on any atom is 0.287 e. The van der Waals surface area contributed by atoms with E-state index in [0.29, 0.717) is 22.2 Å². The second-order valence-electron chi connectivity index (χ2n) is 5.82. The molecule has 0 spiro atoms. The van der Waals surface area contributed by atoms with Gasteiger partial charge in [-0.05, 0) is 48.4 Å². The van der Waals surface area contributed by atoms with Crippen LogP contribution >= 0.6 is 11.6 Å². The normalized spacial score (nSPS) is 11.9. The molecule has 3 rings (SSSR count). The number of benzene rings is 2. The van der Waals surface area contributed by atoms with E-state index in [4.69, 9.17) is 16.0 Å². The summed E-state index contributed by atoms with van der Waals surface area (Å²) in [6.07, 6.45) is 0. The Morgan fingerprint density at radius 3 is 2.69 bits per heavy atom. The van der Waals surface area contributed by atoms with Gasteiger partial charge >= 0.3 is 0 Å². The van der Waals surface area contributed by atoms with Crippen molar-refractivity contribution in [2.45, 2.75) is 24.1 Å². The molecule has 0 bridgehead atoms. The number of rotatable bonds is 6. The average Bonchev–Trinajstić information content (AvgIpc) is 3.09. The van der Waals surface area contributed by atoms with Gasteiger partial charge in [0.25, 0.3) is 5.91 Å². The van der Waals surface area contributed by atoms with Gasteiger partial charge in [-0.1, -0.05) is 41.9 Å². The molecule has 1 N–H and O–H groups in total. The maximum atomic E-state index is 12.4. The summed E-state index contributed by atoms with van der Waals surface area (Å²) in [6.45, 7) is 2.42. The number of amides is 1. The number of nitrogens with one attached hydrogen (secondary N) is 1. The van der Waals surface area contributed by atoms with Crippen LogP contribution in [0.3, 0.4) is 0 Å². The number of carbonyl (C=O) groups is 1. The van der Waals surface area contributed by atoms with Crippen LogP contribution in [0, 0.1) is 6.92 Å². The first kappa shape index (κ1) is 18.4. The quantitative estimate of drug-likeness (QED) is 0.678. The molecule has 0 aliphatic rings. The Morgan fingerprint density at radius 2 is 1.92 bits per heavy atom. The van der Waals surface area contributed by atoms with E-state index < -0.39 is 10.8 Å². The van der Waals surface area contributed by atoms with Crippen LogP contribution in [0.1, 0.15) is 27.4 Å². The van der Waals surface area contributed by atoms with Gasteiger partial charge in [0.2, 0.25) is 0 Å². The van der Waals surface area contributed by atoms with E-state index in [2.05, 4.69) is 5.32 Å². The van der Waals surface area contributed by atoms with Crippen molar-refractivity contribution in [3.8, 4) is 0 Å². The molecule has 6 heteroatoms. The Balaban J connectivity index is 1.61. The molecule has 0 unspecified atom stereocenters. The van der Waals surface area contributed by atoms with Crippen molar-refractivity contribution in [1.29, 1.82) is 0 Å². The van der Waals surface area contributed by atoms with Gasteiger partial charge in [0.05, 0.1) is 16.6 Å². The Labute approximate surface area is 159 Å². The zero-order valence-electron chi connectivity index (χ0n) is 14.2. The highest BCUT2D eigenvalue weighted by molar-refractivity contribution is 7.84. The van der Waals surface area contributed by atoms with Crippen molar-refractivity contribution in [2.24, 2.45) is 0 Å². The third-order valence-corrected chi connectivity index (χ3v) is 5.48. The van der Waals surface area contributed by atoms with E-state index in [-0.39, 0.29) is 17.4 Å². The van der Waals surface area contributed by atoms with E-state index in [1.807, 2.05) is 31.2 Å². The van der Waals surface area contributed by atoms with Crippen molar-refractivity contribution in [2.75, 3.05) is 0 Å². The molecule has 0 aliphatic carbocycles. The van der Waals surface area contributed by atoms with Crippen LogP contribution in [0.15, 0.2) is 70.0 Å². The van der Waals surface area contributed by atoms with E-state index in [0.717, 1.165) is 11.1 Å². The molecule has 0 aliphatic heterocycles.